The maximum Gasteiger partial charge on any atom is 0.321 e. The van der Waals surface area contributed by atoms with Crippen LogP contribution in [0, 0.1) is 5.41 Å². The van der Waals surface area contributed by atoms with E-state index in [0.29, 0.717) is 18.8 Å². The number of ether oxygens (including phenoxy) is 1. The Morgan fingerprint density at radius 3 is 2.95 bits per heavy atom. The van der Waals surface area contributed by atoms with Crippen LogP contribution in [-0.4, -0.2) is 47.5 Å². The highest BCUT2D eigenvalue weighted by Crippen LogP contribution is 2.49. The molecule has 0 aliphatic heterocycles. The second-order valence-corrected chi connectivity index (χ2v) is 5.86. The number of nitrogens with one attached hydrogen (secondary N) is 1. The lowest BCUT2D eigenvalue weighted by atomic mass is 10.00. The van der Waals surface area contributed by atoms with Gasteiger partial charge in [-0.1, -0.05) is 6.92 Å². The number of amides is 2. The van der Waals surface area contributed by atoms with E-state index in [-0.39, 0.29) is 17.5 Å². The Morgan fingerprint density at radius 1 is 1.65 bits per heavy atom. The number of carbonyl (C=O) groups excluding carboxylic acids is 1. The summed E-state index contributed by atoms with van der Waals surface area (Å²) in [6, 6.07) is 0.156. The fourth-order valence-electron chi connectivity index (χ4n) is 2.21. The Bertz CT molecular complexity index is 467. The predicted octanol–water partition coefficient (Wildman–Crippen LogP) is 2.18. The maximum absolute atomic E-state index is 12.2. The van der Waals surface area contributed by atoms with Crippen LogP contribution in [0.1, 0.15) is 26.7 Å². The molecule has 1 aromatic heterocycles. The smallest absolute Gasteiger partial charge is 0.321 e. The van der Waals surface area contributed by atoms with E-state index in [9.17, 15) is 4.79 Å². The van der Waals surface area contributed by atoms with Crippen LogP contribution in [0.25, 0.3) is 0 Å². The van der Waals surface area contributed by atoms with Crippen LogP contribution in [0.4, 0.5) is 10.5 Å². The fourth-order valence-corrected chi connectivity index (χ4v) is 2.21. The van der Waals surface area contributed by atoms with Crippen LogP contribution in [0.2, 0.25) is 0 Å². The van der Waals surface area contributed by atoms with E-state index in [0.717, 1.165) is 0 Å². The van der Waals surface area contributed by atoms with Gasteiger partial charge in [0, 0.05) is 26.4 Å². The molecule has 20 heavy (non-hydrogen) atoms. The minimum absolute atomic E-state index is 0.0862. The molecule has 1 aliphatic rings. The molecule has 1 N–H and O–H groups in total. The van der Waals surface area contributed by atoms with E-state index in [2.05, 4.69) is 24.3 Å². The SMILES string of the molecule is COCCn1cc(NC(=O)N(C)C(C)C2(C)CC2)cn1. The molecule has 0 bridgehead atoms. The molecular weight excluding hydrogens is 256 g/mol. The molecular formula is C14H24N4O2. The summed E-state index contributed by atoms with van der Waals surface area (Å²) in [6.45, 7) is 5.61. The highest BCUT2D eigenvalue weighted by atomic mass is 16.5. The van der Waals surface area contributed by atoms with Crippen molar-refractivity contribution in [2.24, 2.45) is 5.41 Å². The van der Waals surface area contributed by atoms with E-state index in [1.54, 1.807) is 22.9 Å². The summed E-state index contributed by atoms with van der Waals surface area (Å²) in [4.78, 5) is 14.0. The lowest BCUT2D eigenvalue weighted by Crippen LogP contribution is -2.42. The molecule has 0 spiro atoms. The largest absolute Gasteiger partial charge is 0.383 e. The van der Waals surface area contributed by atoms with Crippen molar-refractivity contribution in [1.29, 1.82) is 0 Å². The zero-order valence-corrected chi connectivity index (χ0v) is 12.7. The normalized spacial score (nSPS) is 17.6. The van der Waals surface area contributed by atoms with E-state index in [1.165, 1.54) is 12.8 Å². The van der Waals surface area contributed by atoms with Crippen molar-refractivity contribution in [3.05, 3.63) is 12.4 Å². The third kappa shape index (κ3) is 3.30. The second-order valence-electron chi connectivity index (χ2n) is 5.86. The molecule has 112 valence electrons. The van der Waals surface area contributed by atoms with Crippen LogP contribution in [0.3, 0.4) is 0 Å². The molecule has 2 amide bonds. The number of urea groups is 1. The van der Waals surface area contributed by atoms with Crippen molar-refractivity contribution < 1.29 is 9.53 Å². The Labute approximate surface area is 120 Å². The number of rotatable bonds is 6. The Balaban J connectivity index is 1.88. The molecule has 1 saturated carbocycles. The van der Waals surface area contributed by atoms with Gasteiger partial charge in [0.1, 0.15) is 0 Å². The maximum atomic E-state index is 12.2. The minimum Gasteiger partial charge on any atom is -0.383 e. The fraction of sp³-hybridized carbons (Fsp3) is 0.714. The number of hydrogen-bond donors (Lipinski definition) is 1. The van der Waals surface area contributed by atoms with Gasteiger partial charge < -0.3 is 15.0 Å². The monoisotopic (exact) mass is 280 g/mol. The number of methoxy groups -OCH3 is 1. The summed E-state index contributed by atoms with van der Waals surface area (Å²) in [6.07, 6.45) is 5.86. The first kappa shape index (κ1) is 14.8. The van der Waals surface area contributed by atoms with Gasteiger partial charge in [0.05, 0.1) is 25.0 Å². The van der Waals surface area contributed by atoms with E-state index >= 15 is 0 Å². The zero-order chi connectivity index (χ0) is 14.8. The molecule has 0 aromatic carbocycles. The number of aromatic nitrogens is 2. The highest BCUT2D eigenvalue weighted by Gasteiger charge is 2.45. The predicted molar refractivity (Wildman–Crippen MR) is 77.7 cm³/mol. The molecule has 1 atom stereocenters. The van der Waals surface area contributed by atoms with Crippen LogP contribution in [0.15, 0.2) is 12.4 Å². The molecule has 1 aromatic rings. The first-order valence-corrected chi connectivity index (χ1v) is 7.01. The van der Waals surface area contributed by atoms with Crippen molar-refractivity contribution in [1.82, 2.24) is 14.7 Å². The summed E-state index contributed by atoms with van der Waals surface area (Å²) in [7, 11) is 3.50. The van der Waals surface area contributed by atoms with Crippen LogP contribution in [-0.2, 0) is 11.3 Å². The van der Waals surface area contributed by atoms with Gasteiger partial charge in [0.2, 0.25) is 0 Å². The van der Waals surface area contributed by atoms with Gasteiger partial charge in [-0.25, -0.2) is 4.79 Å². The minimum atomic E-state index is -0.0862. The van der Waals surface area contributed by atoms with Gasteiger partial charge in [0.25, 0.3) is 0 Å². The second kappa shape index (κ2) is 5.83. The van der Waals surface area contributed by atoms with Gasteiger partial charge >= 0.3 is 6.03 Å². The summed E-state index contributed by atoms with van der Waals surface area (Å²) in [5.41, 5.74) is 1.00. The topological polar surface area (TPSA) is 59.4 Å². The highest BCUT2D eigenvalue weighted by molar-refractivity contribution is 5.89. The first-order valence-electron chi connectivity index (χ1n) is 7.01. The van der Waals surface area contributed by atoms with Crippen LogP contribution >= 0.6 is 0 Å². The Morgan fingerprint density at radius 2 is 2.35 bits per heavy atom. The molecule has 0 saturated heterocycles. The van der Waals surface area contributed by atoms with E-state index in [4.69, 9.17) is 4.74 Å². The van der Waals surface area contributed by atoms with Crippen molar-refractivity contribution in [2.45, 2.75) is 39.3 Å². The lowest BCUT2D eigenvalue weighted by molar-refractivity contribution is 0.183. The summed E-state index contributed by atoms with van der Waals surface area (Å²) < 4.78 is 6.75. The summed E-state index contributed by atoms with van der Waals surface area (Å²) in [5.74, 6) is 0. The van der Waals surface area contributed by atoms with Crippen LogP contribution < -0.4 is 5.32 Å². The zero-order valence-electron chi connectivity index (χ0n) is 12.7. The first-order chi connectivity index (χ1) is 9.46. The van der Waals surface area contributed by atoms with Crippen molar-refractivity contribution in [3.63, 3.8) is 0 Å². The third-order valence-corrected chi connectivity index (χ3v) is 4.36. The molecule has 2 rings (SSSR count). The van der Waals surface area contributed by atoms with Crippen molar-refractivity contribution in [2.75, 3.05) is 26.1 Å². The number of carbonyl (C=O) groups is 1. The lowest BCUT2D eigenvalue weighted by Gasteiger charge is -2.29. The van der Waals surface area contributed by atoms with Gasteiger partial charge in [0.15, 0.2) is 0 Å². The molecule has 1 fully saturated rings. The van der Waals surface area contributed by atoms with Gasteiger partial charge in [-0.3, -0.25) is 4.68 Å². The summed E-state index contributed by atoms with van der Waals surface area (Å²) >= 11 is 0. The average molecular weight is 280 g/mol. The molecule has 0 radical (unpaired) electrons. The standard InChI is InChI=1S/C14H24N4O2/c1-11(14(2)5-6-14)17(3)13(19)16-12-9-15-18(10-12)7-8-20-4/h9-11H,5-8H2,1-4H3,(H,16,19). The number of anilines is 1. The van der Waals surface area contributed by atoms with Crippen molar-refractivity contribution >= 4 is 11.7 Å². The molecule has 6 heteroatoms. The van der Waals surface area contributed by atoms with Crippen LogP contribution in [0.5, 0.6) is 0 Å². The molecule has 6 nitrogen and oxygen atoms in total. The van der Waals surface area contributed by atoms with Gasteiger partial charge in [-0.15, -0.1) is 0 Å². The Hall–Kier alpha value is -1.56. The number of nitrogens with zero attached hydrogens (tertiary/aromatic N) is 3. The third-order valence-electron chi connectivity index (χ3n) is 4.36. The molecule has 1 unspecified atom stereocenters. The molecule has 1 aliphatic carbocycles. The number of hydrogen-bond acceptors (Lipinski definition) is 3. The van der Waals surface area contributed by atoms with E-state index in [1.807, 2.05) is 13.2 Å². The average Bonchev–Trinajstić information content (AvgIpc) is 3.03. The van der Waals surface area contributed by atoms with Gasteiger partial charge in [-0.05, 0) is 25.2 Å². The van der Waals surface area contributed by atoms with E-state index < -0.39 is 0 Å². The van der Waals surface area contributed by atoms with Crippen molar-refractivity contribution in [3.8, 4) is 0 Å². The Kier molecular flexibility index (Phi) is 4.32. The molecule has 1 heterocycles. The quantitative estimate of drug-likeness (QED) is 0.869. The van der Waals surface area contributed by atoms with Gasteiger partial charge in [-0.2, -0.15) is 5.10 Å². The summed E-state index contributed by atoms with van der Waals surface area (Å²) in [5, 5.41) is 7.06.